The van der Waals surface area contributed by atoms with E-state index in [1.54, 1.807) is 0 Å². The number of para-hydroxylation sites is 2. The molecule has 6 heteroatoms. The third kappa shape index (κ3) is 7.85. The van der Waals surface area contributed by atoms with Crippen molar-refractivity contribution in [2.24, 2.45) is 0 Å². The van der Waals surface area contributed by atoms with Gasteiger partial charge in [-0.25, -0.2) is 0 Å². The summed E-state index contributed by atoms with van der Waals surface area (Å²) in [6.07, 6.45) is 0. The summed E-state index contributed by atoms with van der Waals surface area (Å²) < 4.78 is 18.3. The van der Waals surface area contributed by atoms with Crippen molar-refractivity contribution < 1.29 is 8.83 Å². The average molecular weight is 1180 g/mol. The number of benzene rings is 14. The summed E-state index contributed by atoms with van der Waals surface area (Å²) in [6.45, 7) is 0. The first kappa shape index (κ1) is 51.9. The SMILES string of the molecule is c1ccc([Si](c2ccccc2)(c2ccccc2)c2ccc3oc4ccc(-n5c6ccccc6c6cc(-c7ccc8c(c7)c7ccccc7n8-c7ccc8oc9ccc([Si](c%10ccccc%10)(c%10ccccc%10)c%10ccccc%10)cc9c8c7)ccc65)cc4c3c2)cc1. The molecule has 18 rings (SSSR count). The Labute approximate surface area is 522 Å². The van der Waals surface area contributed by atoms with Crippen LogP contribution in [0.5, 0.6) is 0 Å². The van der Waals surface area contributed by atoms with Gasteiger partial charge in [0.2, 0.25) is 0 Å². The Bertz CT molecular complexity index is 5220. The molecular weight excluding hydrogens is 1130 g/mol. The number of hydrogen-bond acceptors (Lipinski definition) is 2. The van der Waals surface area contributed by atoms with Crippen molar-refractivity contribution in [3.63, 3.8) is 0 Å². The van der Waals surface area contributed by atoms with Crippen molar-refractivity contribution >= 4 is 145 Å². The van der Waals surface area contributed by atoms with Gasteiger partial charge in [-0.15, -0.1) is 0 Å². The monoisotopic (exact) mass is 1180 g/mol. The fourth-order valence-electron chi connectivity index (χ4n) is 15.3. The van der Waals surface area contributed by atoms with Gasteiger partial charge in [0.1, 0.15) is 22.3 Å². The van der Waals surface area contributed by atoms with Crippen molar-refractivity contribution in [2.45, 2.75) is 0 Å². The highest BCUT2D eigenvalue weighted by molar-refractivity contribution is 7.20. The van der Waals surface area contributed by atoms with Crippen LogP contribution in [0.3, 0.4) is 0 Å². The van der Waals surface area contributed by atoms with E-state index in [0.717, 1.165) is 77.3 Å². The molecule has 0 saturated carbocycles. The molecule has 90 heavy (non-hydrogen) atoms. The molecule has 0 aliphatic heterocycles. The van der Waals surface area contributed by atoms with Crippen LogP contribution in [0.1, 0.15) is 0 Å². The van der Waals surface area contributed by atoms with E-state index in [9.17, 15) is 0 Å². The Morgan fingerprint density at radius 2 is 0.467 bits per heavy atom. The van der Waals surface area contributed by atoms with Crippen LogP contribution in [0.2, 0.25) is 0 Å². The number of hydrogen-bond donors (Lipinski definition) is 0. The Balaban J connectivity index is 0.750. The van der Waals surface area contributed by atoms with E-state index < -0.39 is 16.1 Å². The van der Waals surface area contributed by atoms with Gasteiger partial charge in [-0.2, -0.15) is 0 Å². The zero-order valence-electron chi connectivity index (χ0n) is 49.0. The van der Waals surface area contributed by atoms with E-state index in [1.165, 1.54) is 74.2 Å². The van der Waals surface area contributed by atoms with Gasteiger partial charge in [-0.1, -0.05) is 255 Å². The predicted molar refractivity (Wildman–Crippen MR) is 382 cm³/mol. The van der Waals surface area contributed by atoms with Gasteiger partial charge in [0.25, 0.3) is 0 Å². The Hall–Kier alpha value is -11.3. The summed E-state index contributed by atoms with van der Waals surface area (Å²) in [5.74, 6) is 0. The van der Waals surface area contributed by atoms with Crippen LogP contribution >= 0.6 is 0 Å². The quantitative estimate of drug-likeness (QED) is 0.0956. The molecule has 0 atom stereocenters. The van der Waals surface area contributed by atoms with E-state index in [2.05, 4.69) is 349 Å². The maximum atomic E-state index is 6.72. The number of fused-ring (bicyclic) bond motifs is 12. The first-order chi connectivity index (χ1) is 44.6. The van der Waals surface area contributed by atoms with Crippen LogP contribution < -0.4 is 41.5 Å². The van der Waals surface area contributed by atoms with Crippen LogP contribution in [0.15, 0.2) is 349 Å². The summed E-state index contributed by atoms with van der Waals surface area (Å²) in [6, 6.07) is 126. The second-order valence-electron chi connectivity index (χ2n) is 23.9. The molecule has 0 N–H and O–H groups in total. The molecule has 0 fully saturated rings. The maximum Gasteiger partial charge on any atom is 0.179 e. The molecule has 0 unspecified atom stereocenters. The van der Waals surface area contributed by atoms with Crippen LogP contribution in [0, 0.1) is 0 Å². The third-order valence-electron chi connectivity index (χ3n) is 19.2. The van der Waals surface area contributed by atoms with Crippen LogP contribution in [0.4, 0.5) is 0 Å². The standard InChI is InChI=1S/C84H56N2O2Si2/c1-7-23-61(24-8-1)89(62-25-9-2-10-26-62,63-27-11-3-12-28-63)67-43-49-83-75(55-67)73-53-59(41-47-81(73)87-83)85-77-37-21-19-35-69(77)71-51-57(39-45-79(71)85)58-40-46-80-72(52-58)70-36-20-22-38-78(70)86(80)60-42-48-82-74(54-60)76-56-68(44-50-84(76)88-82)90(64-29-13-4-14-30-64,65-31-15-5-16-32-65)66-33-17-6-18-34-66/h1-56H. The second kappa shape index (κ2) is 20.7. The summed E-state index contributed by atoms with van der Waals surface area (Å²) in [5.41, 5.74) is 12.6. The van der Waals surface area contributed by atoms with Gasteiger partial charge < -0.3 is 18.0 Å². The molecule has 18 aromatic rings. The molecule has 0 aliphatic carbocycles. The molecular formula is C84H56N2O2Si2. The Morgan fingerprint density at radius 3 is 0.800 bits per heavy atom. The van der Waals surface area contributed by atoms with Gasteiger partial charge in [0, 0.05) is 54.5 Å². The van der Waals surface area contributed by atoms with Crippen LogP contribution in [0.25, 0.3) is 110 Å². The molecule has 0 aliphatic rings. The Morgan fingerprint density at radius 1 is 0.189 bits per heavy atom. The summed E-state index contributed by atoms with van der Waals surface area (Å²) >= 11 is 0. The molecule has 0 saturated heterocycles. The Kier molecular flexibility index (Phi) is 11.9. The third-order valence-corrected chi connectivity index (χ3v) is 28.8. The van der Waals surface area contributed by atoms with Gasteiger partial charge in [0.05, 0.1) is 22.1 Å². The largest absolute Gasteiger partial charge is 0.456 e. The van der Waals surface area contributed by atoms with Crippen molar-refractivity contribution in [2.75, 3.05) is 0 Å². The summed E-state index contributed by atoms with van der Waals surface area (Å²) in [4.78, 5) is 0. The smallest absolute Gasteiger partial charge is 0.179 e. The van der Waals surface area contributed by atoms with Gasteiger partial charge >= 0.3 is 0 Å². The molecule has 4 nitrogen and oxygen atoms in total. The highest BCUT2D eigenvalue weighted by atomic mass is 28.3. The highest BCUT2D eigenvalue weighted by Crippen LogP contribution is 2.41. The molecule has 0 bridgehead atoms. The first-order valence-electron chi connectivity index (χ1n) is 31.0. The van der Waals surface area contributed by atoms with E-state index >= 15 is 0 Å². The van der Waals surface area contributed by atoms with Crippen molar-refractivity contribution in [1.82, 2.24) is 9.13 Å². The van der Waals surface area contributed by atoms with Gasteiger partial charge in [0.15, 0.2) is 16.1 Å². The molecule has 0 spiro atoms. The minimum atomic E-state index is -2.79. The highest BCUT2D eigenvalue weighted by Gasteiger charge is 2.43. The van der Waals surface area contributed by atoms with Crippen LogP contribution in [-0.2, 0) is 0 Å². The fraction of sp³-hybridized carbons (Fsp3) is 0. The minimum absolute atomic E-state index is 0.872. The molecule has 14 aromatic carbocycles. The first-order valence-corrected chi connectivity index (χ1v) is 35.0. The van der Waals surface area contributed by atoms with Crippen molar-refractivity contribution in [3.05, 3.63) is 340 Å². The van der Waals surface area contributed by atoms with Crippen molar-refractivity contribution in [3.8, 4) is 22.5 Å². The van der Waals surface area contributed by atoms with Gasteiger partial charge in [-0.3, -0.25) is 0 Å². The lowest BCUT2D eigenvalue weighted by Gasteiger charge is -2.34. The van der Waals surface area contributed by atoms with Crippen molar-refractivity contribution in [1.29, 1.82) is 0 Å². The summed E-state index contributed by atoms with van der Waals surface area (Å²) in [5, 5.41) is 19.9. The number of furan rings is 2. The molecule has 422 valence electrons. The predicted octanol–water partition coefficient (Wildman–Crippen LogP) is 16.1. The van der Waals surface area contributed by atoms with E-state index in [0.29, 0.717) is 0 Å². The normalized spacial score (nSPS) is 12.2. The number of nitrogens with zero attached hydrogens (tertiary/aromatic N) is 2. The average Bonchev–Trinajstić information content (AvgIpc) is 1.44. The van der Waals surface area contributed by atoms with Crippen LogP contribution in [-0.4, -0.2) is 25.3 Å². The lowest BCUT2D eigenvalue weighted by molar-refractivity contribution is 0.668. The zero-order valence-corrected chi connectivity index (χ0v) is 51.0. The topological polar surface area (TPSA) is 36.1 Å². The number of aromatic nitrogens is 2. The zero-order chi connectivity index (χ0) is 59.3. The molecule has 4 heterocycles. The molecule has 0 amide bonds. The summed E-state index contributed by atoms with van der Waals surface area (Å²) in [7, 11) is -5.58. The molecule has 0 radical (unpaired) electrons. The van der Waals surface area contributed by atoms with E-state index in [-0.39, 0.29) is 0 Å². The number of rotatable bonds is 11. The fourth-order valence-corrected chi connectivity index (χ4v) is 24.8. The van der Waals surface area contributed by atoms with E-state index in [4.69, 9.17) is 8.83 Å². The molecule has 4 aromatic heterocycles. The lowest BCUT2D eigenvalue weighted by Crippen LogP contribution is -2.74. The lowest BCUT2D eigenvalue weighted by atomic mass is 10.0. The minimum Gasteiger partial charge on any atom is -0.456 e. The van der Waals surface area contributed by atoms with Gasteiger partial charge in [-0.05, 0) is 138 Å². The van der Waals surface area contributed by atoms with E-state index in [1.807, 2.05) is 0 Å². The second-order valence-corrected chi connectivity index (χ2v) is 31.5. The maximum absolute atomic E-state index is 6.72.